The number of fused-ring (bicyclic) bond motifs is 1. The lowest BCUT2D eigenvalue weighted by Crippen LogP contribution is -2.53. The number of nitrogens with zero attached hydrogens (tertiary/aromatic N) is 1. The smallest absolute Gasteiger partial charge is 0.338 e. The Bertz CT molecular complexity index is 1390. The molecule has 10 heteroatoms. The lowest BCUT2D eigenvalue weighted by molar-refractivity contribution is -0.187. The highest BCUT2D eigenvalue weighted by Gasteiger charge is 2.57. The molecule has 2 aliphatic heterocycles. The highest BCUT2D eigenvalue weighted by atomic mass is 16.7. The van der Waals surface area contributed by atoms with Gasteiger partial charge in [-0.05, 0) is 36.4 Å². The van der Waals surface area contributed by atoms with Crippen molar-refractivity contribution in [3.8, 4) is 0 Å². The first-order valence-electron chi connectivity index (χ1n) is 12.1. The number of rotatable bonds is 7. The third-order valence-corrected chi connectivity index (χ3v) is 6.34. The summed E-state index contributed by atoms with van der Waals surface area (Å²) < 4.78 is 22.3. The fourth-order valence-electron chi connectivity index (χ4n) is 4.60. The van der Waals surface area contributed by atoms with Crippen molar-refractivity contribution in [3.05, 3.63) is 107 Å². The molecule has 2 heterocycles. The van der Waals surface area contributed by atoms with Crippen molar-refractivity contribution in [1.82, 2.24) is 4.90 Å². The summed E-state index contributed by atoms with van der Waals surface area (Å²) in [6.07, 6.45) is -4.08. The van der Waals surface area contributed by atoms with E-state index in [9.17, 15) is 24.0 Å². The number of amides is 2. The minimum Gasteiger partial charge on any atom is -0.459 e. The first-order chi connectivity index (χ1) is 18.8. The van der Waals surface area contributed by atoms with Gasteiger partial charge in [0.25, 0.3) is 11.8 Å². The van der Waals surface area contributed by atoms with Crippen molar-refractivity contribution in [2.75, 3.05) is 6.61 Å². The van der Waals surface area contributed by atoms with Gasteiger partial charge in [-0.15, -0.1) is 0 Å². The summed E-state index contributed by atoms with van der Waals surface area (Å²) in [5, 5.41) is 0. The van der Waals surface area contributed by atoms with Crippen molar-refractivity contribution in [3.63, 3.8) is 0 Å². The molecule has 5 rings (SSSR count). The van der Waals surface area contributed by atoms with Gasteiger partial charge in [-0.1, -0.05) is 48.5 Å². The highest BCUT2D eigenvalue weighted by Crippen LogP contribution is 2.35. The zero-order valence-corrected chi connectivity index (χ0v) is 20.7. The lowest BCUT2D eigenvalue weighted by atomic mass is 10.1. The van der Waals surface area contributed by atoms with Gasteiger partial charge in [-0.2, -0.15) is 0 Å². The molecule has 1 fully saturated rings. The van der Waals surface area contributed by atoms with Crippen LogP contribution in [0.3, 0.4) is 0 Å². The van der Waals surface area contributed by atoms with Crippen LogP contribution < -0.4 is 0 Å². The molecule has 198 valence electrons. The van der Waals surface area contributed by atoms with Crippen molar-refractivity contribution < 1.29 is 42.9 Å². The van der Waals surface area contributed by atoms with Crippen LogP contribution in [-0.2, 0) is 23.7 Å². The average molecular weight is 530 g/mol. The van der Waals surface area contributed by atoms with E-state index in [1.165, 1.54) is 24.3 Å². The average Bonchev–Trinajstić information content (AvgIpc) is 3.40. The van der Waals surface area contributed by atoms with Gasteiger partial charge in [0.15, 0.2) is 6.10 Å². The number of hydrogen-bond donors (Lipinski definition) is 0. The highest BCUT2D eigenvalue weighted by molar-refractivity contribution is 6.21. The molecule has 1 unspecified atom stereocenters. The number of hydrogen-bond acceptors (Lipinski definition) is 9. The van der Waals surface area contributed by atoms with Crippen molar-refractivity contribution >= 4 is 29.7 Å². The predicted octanol–water partition coefficient (Wildman–Crippen LogP) is 3.02. The molecule has 3 aromatic carbocycles. The second-order valence-electron chi connectivity index (χ2n) is 8.87. The van der Waals surface area contributed by atoms with Crippen LogP contribution >= 0.6 is 0 Å². The molecule has 2 amide bonds. The number of benzene rings is 3. The van der Waals surface area contributed by atoms with E-state index in [4.69, 9.17) is 18.9 Å². The fraction of sp³-hybridized carbons (Fsp3) is 0.207. The molecule has 0 aliphatic carbocycles. The van der Waals surface area contributed by atoms with E-state index in [1.807, 2.05) is 0 Å². The number of ether oxygens (including phenoxy) is 4. The fourth-order valence-corrected chi connectivity index (χ4v) is 4.60. The van der Waals surface area contributed by atoms with Crippen LogP contribution in [0.5, 0.6) is 0 Å². The second-order valence-corrected chi connectivity index (χ2v) is 8.87. The molecule has 0 N–H and O–H groups in total. The van der Waals surface area contributed by atoms with E-state index >= 15 is 0 Å². The van der Waals surface area contributed by atoms with E-state index < -0.39 is 60.9 Å². The summed E-state index contributed by atoms with van der Waals surface area (Å²) in [6, 6.07) is 21.2. The summed E-state index contributed by atoms with van der Waals surface area (Å²) in [6.45, 7) is 0.710. The van der Waals surface area contributed by atoms with Crippen LogP contribution in [0, 0.1) is 0 Å². The van der Waals surface area contributed by atoms with E-state index in [0.29, 0.717) is 0 Å². The number of imide groups is 1. The predicted molar refractivity (Wildman–Crippen MR) is 134 cm³/mol. The first-order valence-corrected chi connectivity index (χ1v) is 12.1. The van der Waals surface area contributed by atoms with Gasteiger partial charge in [0.1, 0.15) is 18.8 Å². The largest absolute Gasteiger partial charge is 0.459 e. The number of carbonyl (C=O) groups is 5. The van der Waals surface area contributed by atoms with Crippen LogP contribution in [0.15, 0.2) is 84.9 Å². The summed E-state index contributed by atoms with van der Waals surface area (Å²) in [5.41, 5.74) is 0.786. The third-order valence-electron chi connectivity index (χ3n) is 6.34. The third kappa shape index (κ3) is 5.14. The van der Waals surface area contributed by atoms with Crippen molar-refractivity contribution in [1.29, 1.82) is 0 Å². The Morgan fingerprint density at radius 1 is 0.744 bits per heavy atom. The molecule has 10 nitrogen and oxygen atoms in total. The Labute approximate surface area is 223 Å². The van der Waals surface area contributed by atoms with Crippen molar-refractivity contribution in [2.24, 2.45) is 0 Å². The normalized spacial score (nSPS) is 21.8. The monoisotopic (exact) mass is 529 g/mol. The van der Waals surface area contributed by atoms with Gasteiger partial charge in [0.2, 0.25) is 6.29 Å². The maximum Gasteiger partial charge on any atom is 0.338 e. The van der Waals surface area contributed by atoms with Gasteiger partial charge in [-0.25, -0.2) is 9.59 Å². The van der Waals surface area contributed by atoms with Crippen LogP contribution in [0.25, 0.3) is 0 Å². The van der Waals surface area contributed by atoms with Gasteiger partial charge in [-0.3, -0.25) is 19.3 Å². The minimum absolute atomic E-state index is 0.159. The Morgan fingerprint density at radius 2 is 1.26 bits per heavy atom. The van der Waals surface area contributed by atoms with Crippen LogP contribution in [0.2, 0.25) is 0 Å². The summed E-state index contributed by atoms with van der Waals surface area (Å²) in [7, 11) is 0. The standard InChI is InChI=1S/C29H23NO9/c1-17(31)37-29-24(39-28(35)19-12-6-3-7-13-19)23(30-25(32)20-14-8-9-15-21(20)26(30)33)22(38-29)16-36-27(34)18-10-4-2-5-11-18/h2-15,22-24,29H,16H2,1H3/t22-,23+,24?,29+/m1/s1. The summed E-state index contributed by atoms with van der Waals surface area (Å²) in [5.74, 6) is -3.50. The van der Waals surface area contributed by atoms with E-state index in [-0.39, 0.29) is 22.3 Å². The topological polar surface area (TPSA) is 126 Å². The number of esters is 3. The maximum absolute atomic E-state index is 13.4. The molecule has 0 aromatic heterocycles. The van der Waals surface area contributed by atoms with Crippen molar-refractivity contribution in [2.45, 2.75) is 31.5 Å². The zero-order valence-electron chi connectivity index (χ0n) is 20.7. The Hall–Kier alpha value is -4.83. The molecule has 3 aromatic rings. The van der Waals surface area contributed by atoms with Gasteiger partial charge in [0.05, 0.1) is 22.3 Å². The maximum atomic E-state index is 13.4. The van der Waals surface area contributed by atoms with E-state index in [0.717, 1.165) is 11.8 Å². The molecule has 39 heavy (non-hydrogen) atoms. The second kappa shape index (κ2) is 10.9. The lowest BCUT2D eigenvalue weighted by Gasteiger charge is -2.30. The molecule has 2 aliphatic rings. The van der Waals surface area contributed by atoms with Crippen LogP contribution in [0.1, 0.15) is 48.4 Å². The Morgan fingerprint density at radius 3 is 1.79 bits per heavy atom. The van der Waals surface area contributed by atoms with Crippen LogP contribution in [0.4, 0.5) is 0 Å². The quantitative estimate of drug-likeness (QED) is 0.258. The van der Waals surface area contributed by atoms with Crippen LogP contribution in [-0.4, -0.2) is 65.8 Å². The summed E-state index contributed by atoms with van der Waals surface area (Å²) >= 11 is 0. The van der Waals surface area contributed by atoms with Gasteiger partial charge >= 0.3 is 17.9 Å². The Balaban J connectivity index is 1.49. The molecular formula is C29H23NO9. The SMILES string of the molecule is CC(=O)O[C@H]1O[C@H](COC(=O)c2ccccc2)[C@H](N2C(=O)c3ccccc3C2=O)C1OC(=O)c1ccccc1. The molecule has 0 radical (unpaired) electrons. The molecular weight excluding hydrogens is 506 g/mol. The molecule has 0 bridgehead atoms. The molecule has 0 spiro atoms. The Kier molecular flexibility index (Phi) is 7.20. The van der Waals surface area contributed by atoms with E-state index in [2.05, 4.69) is 0 Å². The minimum atomic E-state index is -1.48. The molecule has 4 atom stereocenters. The van der Waals surface area contributed by atoms with Gasteiger partial charge < -0.3 is 18.9 Å². The molecule has 0 saturated carbocycles. The summed E-state index contributed by atoms with van der Waals surface area (Å²) in [4.78, 5) is 65.4. The number of carbonyl (C=O) groups excluding carboxylic acids is 5. The molecule has 1 saturated heterocycles. The first kappa shape index (κ1) is 25.8. The van der Waals surface area contributed by atoms with Gasteiger partial charge in [0, 0.05) is 6.92 Å². The zero-order chi connectivity index (χ0) is 27.5. The van der Waals surface area contributed by atoms with E-state index in [1.54, 1.807) is 60.7 Å².